The predicted molar refractivity (Wildman–Crippen MR) is 72.8 cm³/mol. The lowest BCUT2D eigenvalue weighted by Gasteiger charge is -1.94. The van der Waals surface area contributed by atoms with E-state index in [9.17, 15) is 10.1 Å². The number of hydrogen-bond donors (Lipinski definition) is 3. The van der Waals surface area contributed by atoms with Crippen molar-refractivity contribution < 1.29 is 4.92 Å². The Hall–Kier alpha value is -2.76. The molecule has 0 saturated carbocycles. The van der Waals surface area contributed by atoms with Gasteiger partial charge in [0.25, 0.3) is 5.69 Å². The largest absolute Gasteiger partial charge is 0.397 e. The number of nitrogens with two attached hydrogens (primary N) is 3. The van der Waals surface area contributed by atoms with Gasteiger partial charge in [0.2, 0.25) is 0 Å². The Morgan fingerprint density at radius 3 is 1.44 bits per heavy atom. The summed E-state index contributed by atoms with van der Waals surface area (Å²) in [7, 11) is 0. The zero-order chi connectivity index (χ0) is 13.5. The molecule has 0 radical (unpaired) electrons. The molecule has 0 bridgehead atoms. The molecule has 0 aliphatic rings. The lowest BCUT2D eigenvalue weighted by Crippen LogP contribution is -1.93. The molecule has 0 heterocycles. The molecule has 0 atom stereocenters. The Balaban J connectivity index is 0.000000184. The van der Waals surface area contributed by atoms with Crippen LogP contribution in [0.2, 0.25) is 0 Å². The molecule has 0 fully saturated rings. The summed E-state index contributed by atoms with van der Waals surface area (Å²) in [5.74, 6) is 0. The highest BCUT2D eigenvalue weighted by atomic mass is 16.6. The zero-order valence-corrected chi connectivity index (χ0v) is 9.61. The number of benzene rings is 2. The van der Waals surface area contributed by atoms with E-state index in [0.717, 1.165) is 0 Å². The summed E-state index contributed by atoms with van der Waals surface area (Å²) < 4.78 is 0. The highest BCUT2D eigenvalue weighted by Crippen LogP contribution is 2.18. The van der Waals surface area contributed by atoms with Crippen LogP contribution in [0.15, 0.2) is 48.5 Å². The minimum Gasteiger partial charge on any atom is -0.397 e. The third-order valence-corrected chi connectivity index (χ3v) is 2.13. The SMILES string of the molecule is Nc1ccccc1N.Nc1ccccc1[N+](=O)[O-]. The molecule has 0 aliphatic carbocycles. The van der Waals surface area contributed by atoms with Gasteiger partial charge in [-0.25, -0.2) is 0 Å². The highest BCUT2D eigenvalue weighted by Gasteiger charge is 2.07. The third-order valence-electron chi connectivity index (χ3n) is 2.13. The molecule has 2 rings (SSSR count). The standard InChI is InChI=1S/C6H6N2O2.C6H8N2/c7-5-3-1-2-4-6(5)8(9)10;7-5-3-1-2-4-6(5)8/h1-4H,7H2;1-4H,7-8H2. The van der Waals surface area contributed by atoms with Gasteiger partial charge in [0.1, 0.15) is 5.69 Å². The summed E-state index contributed by atoms with van der Waals surface area (Å²) in [4.78, 5) is 9.64. The minimum atomic E-state index is -0.505. The number of para-hydroxylation sites is 4. The molecule has 0 amide bonds. The van der Waals surface area contributed by atoms with Crippen LogP contribution < -0.4 is 17.2 Å². The fourth-order valence-electron chi connectivity index (χ4n) is 1.16. The molecule has 0 saturated heterocycles. The van der Waals surface area contributed by atoms with Crippen molar-refractivity contribution in [3.8, 4) is 0 Å². The Bertz CT molecular complexity index is 522. The van der Waals surface area contributed by atoms with Gasteiger partial charge in [0.15, 0.2) is 0 Å². The van der Waals surface area contributed by atoms with Gasteiger partial charge >= 0.3 is 0 Å². The average Bonchev–Trinajstić information content (AvgIpc) is 2.34. The van der Waals surface area contributed by atoms with Gasteiger partial charge in [-0.05, 0) is 18.2 Å². The fraction of sp³-hybridized carbons (Fsp3) is 0. The van der Waals surface area contributed by atoms with E-state index in [1.807, 2.05) is 12.1 Å². The van der Waals surface area contributed by atoms with E-state index in [0.29, 0.717) is 11.4 Å². The molecule has 18 heavy (non-hydrogen) atoms. The number of nitro benzene ring substituents is 1. The van der Waals surface area contributed by atoms with Gasteiger partial charge in [-0.15, -0.1) is 0 Å². The lowest BCUT2D eigenvalue weighted by molar-refractivity contribution is -0.383. The van der Waals surface area contributed by atoms with Crippen molar-refractivity contribution >= 4 is 22.7 Å². The maximum atomic E-state index is 10.1. The predicted octanol–water partition coefficient (Wildman–Crippen LogP) is 2.03. The number of nitro groups is 1. The average molecular weight is 246 g/mol. The summed E-state index contributed by atoms with van der Waals surface area (Å²) in [5, 5.41) is 10.1. The van der Waals surface area contributed by atoms with E-state index in [1.54, 1.807) is 24.3 Å². The first-order valence-corrected chi connectivity index (χ1v) is 5.11. The molecule has 2 aromatic rings. The first-order valence-electron chi connectivity index (χ1n) is 5.11. The smallest absolute Gasteiger partial charge is 0.292 e. The van der Waals surface area contributed by atoms with Crippen LogP contribution >= 0.6 is 0 Å². The van der Waals surface area contributed by atoms with Gasteiger partial charge in [-0.3, -0.25) is 10.1 Å². The Labute approximate surface area is 104 Å². The van der Waals surface area contributed by atoms with E-state index < -0.39 is 4.92 Å². The van der Waals surface area contributed by atoms with Crippen molar-refractivity contribution in [1.82, 2.24) is 0 Å². The van der Waals surface area contributed by atoms with Crippen LogP contribution in [-0.2, 0) is 0 Å². The molecule has 0 aromatic heterocycles. The molecule has 2 aromatic carbocycles. The van der Waals surface area contributed by atoms with E-state index >= 15 is 0 Å². The second kappa shape index (κ2) is 6.09. The van der Waals surface area contributed by atoms with Crippen LogP contribution in [0.1, 0.15) is 0 Å². The molecule has 0 unspecified atom stereocenters. The van der Waals surface area contributed by atoms with Crippen molar-refractivity contribution in [2.24, 2.45) is 0 Å². The van der Waals surface area contributed by atoms with Crippen molar-refractivity contribution in [3.05, 3.63) is 58.6 Å². The molecule has 0 aliphatic heterocycles. The highest BCUT2D eigenvalue weighted by molar-refractivity contribution is 5.62. The minimum absolute atomic E-state index is 0.0394. The van der Waals surface area contributed by atoms with Crippen LogP contribution in [0.3, 0.4) is 0 Å². The number of nitrogens with zero attached hydrogens (tertiary/aromatic N) is 1. The number of anilines is 3. The topological polar surface area (TPSA) is 121 Å². The zero-order valence-electron chi connectivity index (χ0n) is 9.61. The van der Waals surface area contributed by atoms with Crippen LogP contribution in [0.25, 0.3) is 0 Å². The first kappa shape index (κ1) is 13.3. The molecule has 94 valence electrons. The van der Waals surface area contributed by atoms with Crippen LogP contribution in [0, 0.1) is 10.1 Å². The van der Waals surface area contributed by atoms with E-state index in [2.05, 4.69) is 0 Å². The lowest BCUT2D eigenvalue weighted by atomic mass is 10.3. The van der Waals surface area contributed by atoms with Crippen LogP contribution in [0.5, 0.6) is 0 Å². The summed E-state index contributed by atoms with van der Waals surface area (Å²) in [6.45, 7) is 0. The Kier molecular flexibility index (Phi) is 4.50. The molecule has 0 spiro atoms. The van der Waals surface area contributed by atoms with Gasteiger partial charge in [0, 0.05) is 6.07 Å². The normalized spacial score (nSPS) is 9.11. The number of hydrogen-bond acceptors (Lipinski definition) is 5. The Morgan fingerprint density at radius 2 is 1.17 bits per heavy atom. The molecule has 6 heteroatoms. The maximum absolute atomic E-state index is 10.1. The third kappa shape index (κ3) is 3.67. The van der Waals surface area contributed by atoms with E-state index in [1.165, 1.54) is 12.1 Å². The summed E-state index contributed by atoms with van der Waals surface area (Å²) in [6.07, 6.45) is 0. The van der Waals surface area contributed by atoms with Gasteiger partial charge in [-0.1, -0.05) is 24.3 Å². The quantitative estimate of drug-likeness (QED) is 0.403. The molecule has 6 nitrogen and oxygen atoms in total. The molecular weight excluding hydrogens is 232 g/mol. The van der Waals surface area contributed by atoms with E-state index in [4.69, 9.17) is 17.2 Å². The van der Waals surface area contributed by atoms with Crippen LogP contribution in [0.4, 0.5) is 22.7 Å². The van der Waals surface area contributed by atoms with Crippen molar-refractivity contribution in [1.29, 1.82) is 0 Å². The summed E-state index contributed by atoms with van der Waals surface area (Å²) >= 11 is 0. The van der Waals surface area contributed by atoms with Gasteiger partial charge in [-0.2, -0.15) is 0 Å². The second-order valence-electron chi connectivity index (χ2n) is 3.44. The summed E-state index contributed by atoms with van der Waals surface area (Å²) in [5.41, 5.74) is 17.5. The summed E-state index contributed by atoms with van der Waals surface area (Å²) in [6, 6.07) is 13.4. The van der Waals surface area contributed by atoms with E-state index in [-0.39, 0.29) is 11.4 Å². The van der Waals surface area contributed by atoms with Gasteiger partial charge < -0.3 is 17.2 Å². The molecular formula is C12H14N4O2. The number of rotatable bonds is 1. The van der Waals surface area contributed by atoms with Crippen LogP contribution in [-0.4, -0.2) is 4.92 Å². The van der Waals surface area contributed by atoms with Crippen molar-refractivity contribution in [2.75, 3.05) is 17.2 Å². The van der Waals surface area contributed by atoms with Gasteiger partial charge in [0.05, 0.1) is 16.3 Å². The van der Waals surface area contributed by atoms with Crippen molar-refractivity contribution in [3.63, 3.8) is 0 Å². The fourth-order valence-corrected chi connectivity index (χ4v) is 1.16. The Morgan fingerprint density at radius 1 is 0.778 bits per heavy atom. The molecule has 6 N–H and O–H groups in total. The van der Waals surface area contributed by atoms with Crippen molar-refractivity contribution in [2.45, 2.75) is 0 Å². The number of nitrogen functional groups attached to an aromatic ring is 3. The maximum Gasteiger partial charge on any atom is 0.292 e. The monoisotopic (exact) mass is 246 g/mol. The second-order valence-corrected chi connectivity index (χ2v) is 3.44. The first-order chi connectivity index (χ1) is 8.52.